The van der Waals surface area contributed by atoms with Crippen molar-refractivity contribution in [2.45, 2.75) is 17.6 Å². The largest absolute Gasteiger partial charge is 0.454 e. The lowest BCUT2D eigenvalue weighted by atomic mass is 10.00. The summed E-state index contributed by atoms with van der Waals surface area (Å²) in [5.41, 5.74) is 2.91. The molecule has 0 spiro atoms. The number of aromatic nitrogens is 3. The van der Waals surface area contributed by atoms with Crippen LogP contribution >= 0.6 is 0 Å². The van der Waals surface area contributed by atoms with Gasteiger partial charge >= 0.3 is 0 Å². The predicted octanol–water partition coefficient (Wildman–Crippen LogP) is 5.91. The number of hydrogen-bond acceptors (Lipinski definition) is 6. The molecular weight excluding hydrogens is 465 g/mol. The number of halogens is 1. The van der Waals surface area contributed by atoms with Crippen molar-refractivity contribution in [1.82, 2.24) is 15.0 Å². The van der Waals surface area contributed by atoms with E-state index in [4.69, 9.17) is 4.74 Å². The molecule has 5 rings (SSSR count). The number of fused-ring (bicyclic) bond motifs is 1. The van der Waals surface area contributed by atoms with E-state index >= 15 is 0 Å². The van der Waals surface area contributed by atoms with Gasteiger partial charge in [0, 0.05) is 23.3 Å². The summed E-state index contributed by atoms with van der Waals surface area (Å²) in [7, 11) is -3.59. The molecule has 0 N–H and O–H groups in total. The molecule has 35 heavy (non-hydrogen) atoms. The van der Waals surface area contributed by atoms with Crippen molar-refractivity contribution in [2.24, 2.45) is 0 Å². The van der Waals surface area contributed by atoms with E-state index in [-0.39, 0.29) is 16.4 Å². The molecule has 6 nitrogen and oxygen atoms in total. The van der Waals surface area contributed by atoms with Crippen molar-refractivity contribution in [1.29, 1.82) is 0 Å². The van der Waals surface area contributed by atoms with E-state index in [9.17, 15) is 12.8 Å². The van der Waals surface area contributed by atoms with Gasteiger partial charge in [0.05, 0.1) is 22.0 Å². The van der Waals surface area contributed by atoms with Crippen LogP contribution < -0.4 is 4.74 Å². The fraction of sp³-hybridized carbons (Fsp3) is 0.0741. The van der Waals surface area contributed by atoms with Crippen LogP contribution in [0.5, 0.6) is 11.5 Å². The SMILES string of the molecule is Cc1cc(Oc2ccccc2F)ccc1-c1nccc2cc(S(=O)(=O)Cc3ccncn3)ccc12. The Balaban J connectivity index is 1.48. The van der Waals surface area contributed by atoms with Gasteiger partial charge in [-0.05, 0) is 72.5 Å². The summed E-state index contributed by atoms with van der Waals surface area (Å²) in [5, 5.41) is 1.57. The Morgan fingerprint density at radius 2 is 1.77 bits per heavy atom. The van der Waals surface area contributed by atoms with Gasteiger partial charge in [0.2, 0.25) is 0 Å². The van der Waals surface area contributed by atoms with E-state index in [1.165, 1.54) is 18.6 Å². The molecule has 0 saturated heterocycles. The number of benzene rings is 3. The Hall–Kier alpha value is -4.17. The van der Waals surface area contributed by atoms with E-state index in [1.807, 2.05) is 19.1 Å². The summed E-state index contributed by atoms with van der Waals surface area (Å²) >= 11 is 0. The number of pyridine rings is 1. The number of aryl methyl sites for hydroxylation is 1. The topological polar surface area (TPSA) is 82.0 Å². The van der Waals surface area contributed by atoms with Gasteiger partial charge in [0.25, 0.3) is 0 Å². The van der Waals surface area contributed by atoms with Crippen LogP contribution in [0, 0.1) is 12.7 Å². The lowest BCUT2D eigenvalue weighted by Gasteiger charge is -2.12. The molecule has 2 aromatic heterocycles. The number of rotatable bonds is 6. The van der Waals surface area contributed by atoms with Crippen LogP contribution in [0.25, 0.3) is 22.0 Å². The number of sulfone groups is 1. The van der Waals surface area contributed by atoms with Crippen molar-refractivity contribution >= 4 is 20.6 Å². The van der Waals surface area contributed by atoms with Crippen molar-refractivity contribution in [3.63, 3.8) is 0 Å². The van der Waals surface area contributed by atoms with Crippen LogP contribution in [0.4, 0.5) is 4.39 Å². The summed E-state index contributed by atoms with van der Waals surface area (Å²) in [6, 6.07) is 20.1. The highest BCUT2D eigenvalue weighted by atomic mass is 32.2. The molecule has 0 aliphatic rings. The Morgan fingerprint density at radius 1 is 0.914 bits per heavy atom. The zero-order valence-electron chi connectivity index (χ0n) is 18.7. The van der Waals surface area contributed by atoms with Crippen LogP contribution in [0.15, 0.2) is 96.4 Å². The molecule has 174 valence electrons. The van der Waals surface area contributed by atoms with E-state index in [2.05, 4.69) is 15.0 Å². The van der Waals surface area contributed by atoms with Gasteiger partial charge in [-0.25, -0.2) is 22.8 Å². The maximum absolute atomic E-state index is 13.9. The maximum atomic E-state index is 13.9. The Morgan fingerprint density at radius 3 is 2.54 bits per heavy atom. The third-order valence-electron chi connectivity index (χ3n) is 5.59. The van der Waals surface area contributed by atoms with Gasteiger partial charge in [0.1, 0.15) is 12.1 Å². The van der Waals surface area contributed by atoms with Crippen LogP contribution in [0.2, 0.25) is 0 Å². The van der Waals surface area contributed by atoms with Crippen molar-refractivity contribution in [3.05, 3.63) is 109 Å². The van der Waals surface area contributed by atoms with Crippen molar-refractivity contribution in [2.75, 3.05) is 0 Å². The first-order valence-electron chi connectivity index (χ1n) is 10.8. The average molecular weight is 486 g/mol. The van der Waals surface area contributed by atoms with E-state index in [1.54, 1.807) is 60.8 Å². The minimum Gasteiger partial charge on any atom is -0.454 e. The molecule has 0 atom stereocenters. The zero-order chi connectivity index (χ0) is 24.4. The highest BCUT2D eigenvalue weighted by molar-refractivity contribution is 7.90. The van der Waals surface area contributed by atoms with Gasteiger partial charge in [-0.1, -0.05) is 18.2 Å². The van der Waals surface area contributed by atoms with Crippen molar-refractivity contribution < 1.29 is 17.5 Å². The normalized spacial score (nSPS) is 11.5. The first-order valence-corrected chi connectivity index (χ1v) is 12.5. The third-order valence-corrected chi connectivity index (χ3v) is 7.24. The molecule has 0 fully saturated rings. The third kappa shape index (κ3) is 4.74. The predicted molar refractivity (Wildman–Crippen MR) is 131 cm³/mol. The first-order chi connectivity index (χ1) is 16.9. The van der Waals surface area contributed by atoms with Crippen LogP contribution in [0.1, 0.15) is 11.3 Å². The molecule has 3 aromatic carbocycles. The second-order valence-corrected chi connectivity index (χ2v) is 10.0. The standard InChI is InChI=1S/C27H20FN3O3S/c1-18-14-21(34-26-5-3-2-4-25(26)28)6-8-23(18)27-24-9-7-22(15-19(24)10-13-30-27)35(32,33)16-20-11-12-29-17-31-20/h2-15,17H,16H2,1H3. The van der Waals surface area contributed by atoms with Crippen molar-refractivity contribution in [3.8, 4) is 22.8 Å². The fourth-order valence-corrected chi connectivity index (χ4v) is 5.17. The molecule has 2 heterocycles. The Bertz CT molecular complexity index is 1640. The molecule has 0 aliphatic heterocycles. The molecule has 0 amide bonds. The van der Waals surface area contributed by atoms with Crippen LogP contribution in [0.3, 0.4) is 0 Å². The summed E-state index contributed by atoms with van der Waals surface area (Å²) in [6.45, 7) is 1.92. The van der Waals surface area contributed by atoms with Gasteiger partial charge in [0.15, 0.2) is 21.4 Å². The molecular formula is C27H20FN3O3S. The Labute approximate surface area is 202 Å². The molecule has 5 aromatic rings. The number of ether oxygens (including phenoxy) is 1. The lowest BCUT2D eigenvalue weighted by molar-refractivity contribution is 0.442. The molecule has 0 bridgehead atoms. The van der Waals surface area contributed by atoms with E-state index < -0.39 is 15.7 Å². The fourth-order valence-electron chi connectivity index (χ4n) is 3.87. The molecule has 0 saturated carbocycles. The first kappa shape index (κ1) is 22.6. The molecule has 0 unspecified atom stereocenters. The van der Waals surface area contributed by atoms with Gasteiger partial charge in [-0.3, -0.25) is 4.98 Å². The second-order valence-electron chi connectivity index (χ2n) is 8.01. The molecule has 8 heteroatoms. The smallest absolute Gasteiger partial charge is 0.184 e. The Kier molecular flexibility index (Phi) is 5.96. The summed E-state index contributed by atoms with van der Waals surface area (Å²) in [5.74, 6) is 0.0189. The maximum Gasteiger partial charge on any atom is 0.184 e. The summed E-state index contributed by atoms with van der Waals surface area (Å²) in [6.07, 6.45) is 4.51. The van der Waals surface area contributed by atoms with Crippen LogP contribution in [-0.4, -0.2) is 23.4 Å². The highest BCUT2D eigenvalue weighted by Gasteiger charge is 2.18. The summed E-state index contributed by atoms with van der Waals surface area (Å²) in [4.78, 5) is 12.6. The quantitative estimate of drug-likeness (QED) is 0.298. The van der Waals surface area contributed by atoms with E-state index in [0.717, 1.165) is 27.6 Å². The monoisotopic (exact) mass is 485 g/mol. The van der Waals surface area contributed by atoms with Gasteiger partial charge in [-0.2, -0.15) is 0 Å². The molecule has 0 radical (unpaired) electrons. The minimum absolute atomic E-state index is 0.152. The number of hydrogen-bond donors (Lipinski definition) is 0. The lowest BCUT2D eigenvalue weighted by Crippen LogP contribution is -2.06. The van der Waals surface area contributed by atoms with E-state index in [0.29, 0.717) is 11.4 Å². The van der Waals surface area contributed by atoms with Gasteiger partial charge < -0.3 is 4.74 Å². The van der Waals surface area contributed by atoms with Gasteiger partial charge in [-0.15, -0.1) is 0 Å². The average Bonchev–Trinajstić information content (AvgIpc) is 2.85. The molecule has 0 aliphatic carbocycles. The zero-order valence-corrected chi connectivity index (χ0v) is 19.5. The highest BCUT2D eigenvalue weighted by Crippen LogP contribution is 2.34. The van der Waals surface area contributed by atoms with Crippen LogP contribution in [-0.2, 0) is 15.6 Å². The number of para-hydroxylation sites is 1. The summed E-state index contributed by atoms with van der Waals surface area (Å²) < 4.78 is 45.5. The second kappa shape index (κ2) is 9.23. The number of nitrogens with zero attached hydrogens (tertiary/aromatic N) is 3. The minimum atomic E-state index is -3.59.